The molecule has 0 aliphatic carbocycles. The molecule has 2 aromatic rings. The number of aromatic nitrogens is 3. The molecule has 1 aliphatic heterocycles. The van der Waals surface area contributed by atoms with Crippen molar-refractivity contribution >= 4 is 23.2 Å². The van der Waals surface area contributed by atoms with Gasteiger partial charge in [0.1, 0.15) is 36.4 Å². The molecule has 2 aromatic heterocycles. The molecule has 0 aromatic carbocycles. The van der Waals surface area contributed by atoms with Gasteiger partial charge in [0.15, 0.2) is 12.0 Å². The van der Waals surface area contributed by atoms with E-state index in [4.69, 9.17) is 4.74 Å². The van der Waals surface area contributed by atoms with Crippen molar-refractivity contribution in [2.75, 3.05) is 20.7 Å². The first-order valence-corrected chi connectivity index (χ1v) is 7.56. The first kappa shape index (κ1) is 17.2. The van der Waals surface area contributed by atoms with Crippen LogP contribution in [0, 0.1) is 11.3 Å². The first-order chi connectivity index (χ1) is 12.0. The fourth-order valence-electron chi connectivity index (χ4n) is 2.73. The van der Waals surface area contributed by atoms with Crippen LogP contribution in [0.4, 0.5) is 5.82 Å². The zero-order valence-corrected chi connectivity index (χ0v) is 13.7. The summed E-state index contributed by atoms with van der Waals surface area (Å²) in [7, 11) is 3.61. The summed E-state index contributed by atoms with van der Waals surface area (Å²) in [5.74, 6) is 0.306. The van der Waals surface area contributed by atoms with E-state index in [0.29, 0.717) is 16.9 Å². The van der Waals surface area contributed by atoms with Crippen molar-refractivity contribution in [3.63, 3.8) is 0 Å². The minimum Gasteiger partial charge on any atom is -0.394 e. The van der Waals surface area contributed by atoms with Gasteiger partial charge in [0.2, 0.25) is 0 Å². The summed E-state index contributed by atoms with van der Waals surface area (Å²) in [6, 6.07) is 2.06. The normalized spacial score (nSPS) is 26.4. The molecule has 0 bridgehead atoms. The van der Waals surface area contributed by atoms with Gasteiger partial charge in [-0.2, -0.15) is 5.26 Å². The number of ether oxygens (including phenoxy) is 1. The van der Waals surface area contributed by atoms with Gasteiger partial charge in [0.25, 0.3) is 0 Å². The van der Waals surface area contributed by atoms with Gasteiger partial charge in [0, 0.05) is 20.3 Å². The van der Waals surface area contributed by atoms with E-state index in [1.54, 1.807) is 25.3 Å². The van der Waals surface area contributed by atoms with E-state index in [9.17, 15) is 20.6 Å². The van der Waals surface area contributed by atoms with Crippen molar-refractivity contribution in [3.8, 4) is 6.07 Å². The number of aliphatic hydroxyl groups is 3. The number of fused-ring (bicyclic) bond motifs is 1. The van der Waals surface area contributed by atoms with Crippen molar-refractivity contribution in [3.05, 3.63) is 18.1 Å². The quantitative estimate of drug-likeness (QED) is 0.480. The smallest absolute Gasteiger partial charge is 0.167 e. The highest BCUT2D eigenvalue weighted by Gasteiger charge is 2.44. The van der Waals surface area contributed by atoms with Crippen molar-refractivity contribution in [2.24, 2.45) is 4.99 Å². The lowest BCUT2D eigenvalue weighted by Crippen LogP contribution is -2.33. The van der Waals surface area contributed by atoms with Crippen LogP contribution < -0.4 is 0 Å². The van der Waals surface area contributed by atoms with E-state index >= 15 is 0 Å². The van der Waals surface area contributed by atoms with Gasteiger partial charge in [-0.05, 0) is 0 Å². The van der Waals surface area contributed by atoms with Crippen molar-refractivity contribution in [1.82, 2.24) is 19.4 Å². The summed E-state index contributed by atoms with van der Waals surface area (Å²) < 4.78 is 6.97. The largest absolute Gasteiger partial charge is 0.394 e. The van der Waals surface area contributed by atoms with Gasteiger partial charge in [-0.15, -0.1) is 0 Å². The van der Waals surface area contributed by atoms with Crippen LogP contribution in [0.2, 0.25) is 0 Å². The highest BCUT2D eigenvalue weighted by molar-refractivity contribution is 5.92. The van der Waals surface area contributed by atoms with Crippen LogP contribution in [-0.4, -0.2) is 80.1 Å². The van der Waals surface area contributed by atoms with Crippen LogP contribution in [0.1, 0.15) is 11.8 Å². The second-order valence-corrected chi connectivity index (χ2v) is 5.89. The number of nitriles is 1. The van der Waals surface area contributed by atoms with Crippen LogP contribution in [0.3, 0.4) is 0 Å². The number of rotatable bonds is 4. The summed E-state index contributed by atoms with van der Waals surface area (Å²) in [4.78, 5) is 14.2. The zero-order valence-electron chi connectivity index (χ0n) is 13.7. The molecule has 4 atom stereocenters. The lowest BCUT2D eigenvalue weighted by atomic mass is 10.1. The lowest BCUT2D eigenvalue weighted by molar-refractivity contribution is -0.0508. The fourth-order valence-corrected chi connectivity index (χ4v) is 2.73. The standard InChI is InChI=1S/C15H18N6O4/c1-20(2)7-19-13-10-8(3-16)4-21(14(10)18-6-17-13)15-12(24)11(23)9(5-22)25-15/h4,6-7,9,11-12,15,22-24H,5H2,1-2H3/b19-7-. The third-order valence-electron chi connectivity index (χ3n) is 3.91. The van der Waals surface area contributed by atoms with Crippen LogP contribution >= 0.6 is 0 Å². The summed E-state index contributed by atoms with van der Waals surface area (Å²) in [5.41, 5.74) is 0.603. The summed E-state index contributed by atoms with van der Waals surface area (Å²) in [6.45, 7) is -0.438. The van der Waals surface area contributed by atoms with Crippen LogP contribution in [0.5, 0.6) is 0 Å². The molecule has 3 N–H and O–H groups in total. The molecule has 0 saturated carbocycles. The highest BCUT2D eigenvalue weighted by atomic mass is 16.6. The maximum Gasteiger partial charge on any atom is 0.167 e. The predicted molar refractivity (Wildman–Crippen MR) is 87.1 cm³/mol. The third kappa shape index (κ3) is 2.94. The van der Waals surface area contributed by atoms with Gasteiger partial charge < -0.3 is 29.5 Å². The van der Waals surface area contributed by atoms with Gasteiger partial charge in [-0.25, -0.2) is 15.0 Å². The Morgan fingerprint density at radius 1 is 1.40 bits per heavy atom. The Hall–Kier alpha value is -2.58. The summed E-state index contributed by atoms with van der Waals surface area (Å²) in [6.07, 6.45) is -0.118. The average Bonchev–Trinajstić information content (AvgIpc) is 3.11. The predicted octanol–water partition coefficient (Wildman–Crippen LogP) is -0.864. The summed E-state index contributed by atoms with van der Waals surface area (Å²) >= 11 is 0. The minimum atomic E-state index is -1.28. The zero-order chi connectivity index (χ0) is 18.1. The van der Waals surface area contributed by atoms with Gasteiger partial charge >= 0.3 is 0 Å². The molecule has 0 radical (unpaired) electrons. The molecule has 1 fully saturated rings. The Morgan fingerprint density at radius 3 is 2.76 bits per heavy atom. The first-order valence-electron chi connectivity index (χ1n) is 7.56. The molecular weight excluding hydrogens is 328 g/mol. The Labute approximate surface area is 143 Å². The molecule has 3 rings (SSSR count). The molecule has 1 aliphatic rings. The number of aliphatic imine (C=N–C) groups is 1. The van der Waals surface area contributed by atoms with E-state index < -0.39 is 31.1 Å². The third-order valence-corrected chi connectivity index (χ3v) is 3.91. The Bertz CT molecular complexity index is 842. The van der Waals surface area contributed by atoms with Crippen LogP contribution in [0.25, 0.3) is 11.0 Å². The van der Waals surface area contributed by atoms with Gasteiger partial charge in [0.05, 0.1) is 23.9 Å². The SMILES string of the molecule is CN(C)/C=N\c1ncnc2c1c(C#N)cn2C1OC(CO)C(O)C1O. The molecular formula is C15H18N6O4. The van der Waals surface area contributed by atoms with E-state index in [-0.39, 0.29) is 5.56 Å². The molecule has 0 amide bonds. The van der Waals surface area contributed by atoms with Gasteiger partial charge in [-0.3, -0.25) is 0 Å². The second-order valence-electron chi connectivity index (χ2n) is 5.89. The highest BCUT2D eigenvalue weighted by Crippen LogP contribution is 2.35. The Balaban J connectivity index is 2.13. The van der Waals surface area contributed by atoms with Crippen LogP contribution in [0.15, 0.2) is 17.5 Å². The molecule has 0 spiro atoms. The summed E-state index contributed by atoms with van der Waals surface area (Å²) in [5, 5.41) is 39.3. The maximum atomic E-state index is 10.2. The van der Waals surface area contributed by atoms with E-state index in [0.717, 1.165) is 0 Å². The number of nitrogens with zero attached hydrogens (tertiary/aromatic N) is 6. The van der Waals surface area contributed by atoms with Gasteiger partial charge in [-0.1, -0.05) is 0 Å². The number of aliphatic hydroxyl groups excluding tert-OH is 3. The molecule has 4 unspecified atom stereocenters. The molecule has 25 heavy (non-hydrogen) atoms. The molecule has 3 heterocycles. The molecule has 10 heteroatoms. The van der Waals surface area contributed by atoms with E-state index in [1.165, 1.54) is 17.1 Å². The Morgan fingerprint density at radius 2 is 2.16 bits per heavy atom. The molecule has 1 saturated heterocycles. The van der Waals surface area contributed by atoms with Crippen molar-refractivity contribution in [2.45, 2.75) is 24.5 Å². The molecule has 132 valence electrons. The number of hydrogen-bond donors (Lipinski definition) is 3. The fraction of sp³-hybridized carbons (Fsp3) is 0.467. The van der Waals surface area contributed by atoms with Crippen LogP contribution in [-0.2, 0) is 4.74 Å². The maximum absolute atomic E-state index is 10.2. The lowest BCUT2D eigenvalue weighted by Gasteiger charge is -2.17. The Kier molecular flexibility index (Phi) is 4.65. The monoisotopic (exact) mass is 346 g/mol. The van der Waals surface area contributed by atoms with Crippen molar-refractivity contribution in [1.29, 1.82) is 5.26 Å². The second kappa shape index (κ2) is 6.73. The molecule has 10 nitrogen and oxygen atoms in total. The average molecular weight is 346 g/mol. The topological polar surface area (TPSA) is 140 Å². The number of hydrogen-bond acceptors (Lipinski definition) is 8. The van der Waals surface area contributed by atoms with Crippen molar-refractivity contribution < 1.29 is 20.1 Å². The van der Waals surface area contributed by atoms with E-state index in [1.807, 2.05) is 0 Å². The minimum absolute atomic E-state index is 0.263. The van der Waals surface area contributed by atoms with E-state index in [2.05, 4.69) is 21.0 Å².